The van der Waals surface area contributed by atoms with E-state index in [0.29, 0.717) is 0 Å². The molecule has 1 rings (SSSR count). The predicted octanol–water partition coefficient (Wildman–Crippen LogP) is 4.14. The van der Waals surface area contributed by atoms with Crippen molar-refractivity contribution in [3.63, 3.8) is 0 Å². The summed E-state index contributed by atoms with van der Waals surface area (Å²) in [6.07, 6.45) is 1.15. The number of rotatable bonds is 1. The second-order valence-corrected chi connectivity index (χ2v) is 2.71. The van der Waals surface area contributed by atoms with Gasteiger partial charge in [-0.1, -0.05) is 40.0 Å². The number of benzene rings is 1. The molecule has 0 nitrogen and oxygen atoms in total. The van der Waals surface area contributed by atoms with E-state index in [4.69, 9.17) is 0 Å². The molecule has 0 unspecified atom stereocenters. The lowest BCUT2D eigenvalue weighted by Crippen LogP contribution is -1.88. The van der Waals surface area contributed by atoms with Crippen LogP contribution in [0.1, 0.15) is 38.5 Å². The molecule has 0 aliphatic carbocycles. The molecule has 0 radical (unpaired) electrons. The first kappa shape index (κ1) is 13.8. The van der Waals surface area contributed by atoms with Crippen LogP contribution < -0.4 is 0 Å². The molecule has 0 amide bonds. The SMILES string of the molecule is C.C.CCc1cccc(C)c1C. The van der Waals surface area contributed by atoms with Crippen LogP contribution in [0, 0.1) is 13.8 Å². The Labute approximate surface area is 77.6 Å². The molecule has 70 valence electrons. The van der Waals surface area contributed by atoms with Gasteiger partial charge in [0.05, 0.1) is 0 Å². The summed E-state index contributed by atoms with van der Waals surface area (Å²) in [5, 5.41) is 0. The van der Waals surface area contributed by atoms with Gasteiger partial charge in [-0.2, -0.15) is 0 Å². The normalized spacial score (nSPS) is 8.25. The van der Waals surface area contributed by atoms with E-state index in [2.05, 4.69) is 39.0 Å². The highest BCUT2D eigenvalue weighted by atomic mass is 14.0. The van der Waals surface area contributed by atoms with Crippen molar-refractivity contribution in [2.45, 2.75) is 42.0 Å². The summed E-state index contributed by atoms with van der Waals surface area (Å²) in [5.41, 5.74) is 4.32. The number of hydrogen-bond acceptors (Lipinski definition) is 0. The van der Waals surface area contributed by atoms with Crippen molar-refractivity contribution in [1.82, 2.24) is 0 Å². The predicted molar refractivity (Wildman–Crippen MR) is 58.8 cm³/mol. The molecule has 0 aliphatic rings. The van der Waals surface area contributed by atoms with Gasteiger partial charge in [0.15, 0.2) is 0 Å². The maximum atomic E-state index is 2.20. The van der Waals surface area contributed by atoms with Crippen molar-refractivity contribution in [2.75, 3.05) is 0 Å². The molecular weight excluding hydrogens is 144 g/mol. The van der Waals surface area contributed by atoms with Gasteiger partial charge in [-0.3, -0.25) is 0 Å². The summed E-state index contributed by atoms with van der Waals surface area (Å²) in [5.74, 6) is 0. The number of hydrogen-bond donors (Lipinski definition) is 0. The zero-order valence-corrected chi connectivity index (χ0v) is 6.94. The van der Waals surface area contributed by atoms with Crippen LogP contribution in [0.25, 0.3) is 0 Å². The quantitative estimate of drug-likeness (QED) is 0.588. The maximum absolute atomic E-state index is 2.20. The molecule has 0 N–H and O–H groups in total. The van der Waals surface area contributed by atoms with E-state index in [1.807, 2.05) is 0 Å². The van der Waals surface area contributed by atoms with E-state index < -0.39 is 0 Å². The van der Waals surface area contributed by atoms with Crippen LogP contribution in [0.2, 0.25) is 0 Å². The fraction of sp³-hybridized carbons (Fsp3) is 0.500. The Kier molecular flexibility index (Phi) is 6.68. The van der Waals surface area contributed by atoms with E-state index in [1.165, 1.54) is 16.7 Å². The zero-order valence-electron chi connectivity index (χ0n) is 6.94. The monoisotopic (exact) mass is 166 g/mol. The summed E-state index contributed by atoms with van der Waals surface area (Å²) in [7, 11) is 0. The lowest BCUT2D eigenvalue weighted by Gasteiger charge is -2.04. The highest BCUT2D eigenvalue weighted by Gasteiger charge is 1.95. The Morgan fingerprint density at radius 2 is 1.67 bits per heavy atom. The van der Waals surface area contributed by atoms with Crippen LogP contribution in [0.5, 0.6) is 0 Å². The smallest absolute Gasteiger partial charge is 0.0305 e. The fourth-order valence-electron chi connectivity index (χ4n) is 1.19. The second-order valence-electron chi connectivity index (χ2n) is 2.71. The molecule has 0 saturated heterocycles. The molecule has 12 heavy (non-hydrogen) atoms. The van der Waals surface area contributed by atoms with Crippen molar-refractivity contribution in [1.29, 1.82) is 0 Å². The van der Waals surface area contributed by atoms with Crippen molar-refractivity contribution < 1.29 is 0 Å². The van der Waals surface area contributed by atoms with Gasteiger partial charge in [0, 0.05) is 0 Å². The summed E-state index contributed by atoms with van der Waals surface area (Å²) in [4.78, 5) is 0. The molecule has 1 aromatic rings. The lowest BCUT2D eigenvalue weighted by molar-refractivity contribution is 1.09. The van der Waals surface area contributed by atoms with E-state index in [1.54, 1.807) is 0 Å². The van der Waals surface area contributed by atoms with Gasteiger partial charge in [0.25, 0.3) is 0 Å². The third-order valence-corrected chi connectivity index (χ3v) is 2.10. The van der Waals surface area contributed by atoms with E-state index in [-0.39, 0.29) is 14.9 Å². The third-order valence-electron chi connectivity index (χ3n) is 2.10. The molecule has 0 fully saturated rings. The lowest BCUT2D eigenvalue weighted by atomic mass is 10.0. The van der Waals surface area contributed by atoms with E-state index >= 15 is 0 Å². The Morgan fingerprint density at radius 3 is 2.08 bits per heavy atom. The fourth-order valence-corrected chi connectivity index (χ4v) is 1.19. The first-order valence-electron chi connectivity index (χ1n) is 3.80. The molecule has 0 atom stereocenters. The van der Waals surface area contributed by atoms with Crippen LogP contribution in [-0.4, -0.2) is 0 Å². The van der Waals surface area contributed by atoms with Gasteiger partial charge in [-0.15, -0.1) is 0 Å². The van der Waals surface area contributed by atoms with Crippen molar-refractivity contribution in [3.8, 4) is 0 Å². The number of aryl methyl sites for hydroxylation is 2. The van der Waals surface area contributed by atoms with Gasteiger partial charge in [0.1, 0.15) is 0 Å². The Balaban J connectivity index is 0. The highest BCUT2D eigenvalue weighted by molar-refractivity contribution is 5.32. The Bertz CT molecular complexity index is 223. The molecule has 0 heterocycles. The van der Waals surface area contributed by atoms with Crippen LogP contribution in [-0.2, 0) is 6.42 Å². The molecule has 0 heteroatoms. The maximum Gasteiger partial charge on any atom is -0.0305 e. The van der Waals surface area contributed by atoms with Gasteiger partial charge < -0.3 is 0 Å². The summed E-state index contributed by atoms with van der Waals surface area (Å²) >= 11 is 0. The van der Waals surface area contributed by atoms with Gasteiger partial charge in [-0.05, 0) is 37.0 Å². The van der Waals surface area contributed by atoms with Crippen LogP contribution in [0.4, 0.5) is 0 Å². The minimum atomic E-state index is 0. The molecule has 0 saturated carbocycles. The van der Waals surface area contributed by atoms with Crippen molar-refractivity contribution >= 4 is 0 Å². The third kappa shape index (κ3) is 2.69. The molecule has 0 spiro atoms. The molecule has 0 bridgehead atoms. The average Bonchev–Trinajstić information content (AvgIpc) is 1.95. The summed E-state index contributed by atoms with van der Waals surface area (Å²) < 4.78 is 0. The minimum Gasteiger partial charge on any atom is -0.0776 e. The molecule has 0 aliphatic heterocycles. The minimum absolute atomic E-state index is 0. The second kappa shape index (κ2) is 5.82. The Morgan fingerprint density at radius 1 is 1.08 bits per heavy atom. The first-order chi connectivity index (χ1) is 4.75. The van der Waals surface area contributed by atoms with Crippen molar-refractivity contribution in [3.05, 3.63) is 34.9 Å². The molecule has 1 aromatic carbocycles. The molecule has 0 aromatic heterocycles. The summed E-state index contributed by atoms with van der Waals surface area (Å²) in [6.45, 7) is 6.55. The van der Waals surface area contributed by atoms with Gasteiger partial charge in [0.2, 0.25) is 0 Å². The largest absolute Gasteiger partial charge is 0.0776 e. The van der Waals surface area contributed by atoms with Crippen LogP contribution in [0.15, 0.2) is 18.2 Å². The van der Waals surface area contributed by atoms with Crippen molar-refractivity contribution in [2.24, 2.45) is 0 Å². The highest BCUT2D eigenvalue weighted by Crippen LogP contribution is 2.12. The van der Waals surface area contributed by atoms with Crippen LogP contribution in [0.3, 0.4) is 0 Å². The topological polar surface area (TPSA) is 0 Å². The molecular formula is C12H22. The zero-order chi connectivity index (χ0) is 7.56. The van der Waals surface area contributed by atoms with Crippen LogP contribution >= 0.6 is 0 Å². The average molecular weight is 166 g/mol. The summed E-state index contributed by atoms with van der Waals surface area (Å²) in [6, 6.07) is 6.48. The van der Waals surface area contributed by atoms with Gasteiger partial charge in [-0.25, -0.2) is 0 Å². The van der Waals surface area contributed by atoms with Gasteiger partial charge >= 0.3 is 0 Å². The van der Waals surface area contributed by atoms with E-state index in [9.17, 15) is 0 Å². The first-order valence-corrected chi connectivity index (χ1v) is 3.80. The van der Waals surface area contributed by atoms with E-state index in [0.717, 1.165) is 6.42 Å². The standard InChI is InChI=1S/C10H14.2CH4/c1-4-10-7-5-6-8(2)9(10)3;;/h5-7H,4H2,1-3H3;2*1H4. The Hall–Kier alpha value is -0.780.